The minimum Gasteiger partial charge on any atom is -0.392 e. The lowest BCUT2D eigenvalue weighted by atomic mass is 9.82. The lowest BCUT2D eigenvalue weighted by molar-refractivity contribution is -0.0736. The molecule has 0 radical (unpaired) electrons. The number of rotatable bonds is 1. The van der Waals surface area contributed by atoms with E-state index in [0.29, 0.717) is 24.4 Å². The summed E-state index contributed by atoms with van der Waals surface area (Å²) in [4.78, 5) is 0. The minimum absolute atomic E-state index is 0.0298. The number of hydrogen-bond acceptors (Lipinski definition) is 3. The highest BCUT2D eigenvalue weighted by Crippen LogP contribution is 2.46. The van der Waals surface area contributed by atoms with Crippen molar-refractivity contribution in [2.24, 2.45) is 29.6 Å². The maximum Gasteiger partial charge on any atom is 0.161 e. The van der Waals surface area contributed by atoms with Crippen LogP contribution in [0.3, 0.4) is 0 Å². The molecule has 0 aromatic carbocycles. The molecule has 2 aliphatic carbocycles. The summed E-state index contributed by atoms with van der Waals surface area (Å²) in [6, 6.07) is 0. The molecular formula is C14H20O3. The Morgan fingerprint density at radius 1 is 1.18 bits per heavy atom. The zero-order valence-electron chi connectivity index (χ0n) is 9.90. The van der Waals surface area contributed by atoms with E-state index in [-0.39, 0.29) is 17.9 Å². The van der Waals surface area contributed by atoms with Crippen LogP contribution >= 0.6 is 0 Å². The molecule has 3 aliphatic rings. The predicted molar refractivity (Wildman–Crippen MR) is 64.0 cm³/mol. The highest BCUT2D eigenvalue weighted by Gasteiger charge is 2.47. The first kappa shape index (κ1) is 11.5. The Hall–Kier alpha value is -0.640. The molecule has 1 saturated carbocycles. The summed E-state index contributed by atoms with van der Waals surface area (Å²) in [7, 11) is 0. The Morgan fingerprint density at radius 2 is 2.00 bits per heavy atom. The van der Waals surface area contributed by atoms with Crippen molar-refractivity contribution >= 4 is 0 Å². The first-order chi connectivity index (χ1) is 8.20. The van der Waals surface area contributed by atoms with E-state index in [2.05, 4.69) is 18.7 Å². The van der Waals surface area contributed by atoms with Crippen molar-refractivity contribution in [1.82, 2.24) is 0 Å². The topological polar surface area (TPSA) is 49.7 Å². The molecule has 2 N–H and O–H groups in total. The third-order valence-electron chi connectivity index (χ3n) is 4.77. The van der Waals surface area contributed by atoms with Gasteiger partial charge in [0.25, 0.3) is 0 Å². The van der Waals surface area contributed by atoms with Crippen molar-refractivity contribution in [1.29, 1.82) is 0 Å². The summed E-state index contributed by atoms with van der Waals surface area (Å²) < 4.78 is 5.25. The van der Waals surface area contributed by atoms with Crippen molar-refractivity contribution in [3.05, 3.63) is 24.8 Å². The number of fused-ring (bicyclic) bond motifs is 2. The molecule has 7 atom stereocenters. The van der Waals surface area contributed by atoms with Gasteiger partial charge in [0.1, 0.15) is 0 Å². The zero-order chi connectivity index (χ0) is 12.0. The molecular weight excluding hydrogens is 216 g/mol. The Labute approximate surface area is 102 Å². The number of aliphatic hydroxyl groups is 2. The zero-order valence-corrected chi connectivity index (χ0v) is 9.90. The number of ether oxygens (including phenoxy) is 1. The Morgan fingerprint density at radius 3 is 2.76 bits per heavy atom. The van der Waals surface area contributed by atoms with Gasteiger partial charge in [-0.15, -0.1) is 6.58 Å². The molecule has 0 spiro atoms. The second-order valence-corrected chi connectivity index (χ2v) is 5.64. The fraction of sp³-hybridized carbons (Fsp3) is 0.714. The van der Waals surface area contributed by atoms with Crippen LogP contribution in [0.25, 0.3) is 0 Å². The lowest BCUT2D eigenvalue weighted by Crippen LogP contribution is -2.33. The highest BCUT2D eigenvalue weighted by molar-refractivity contribution is 5.11. The van der Waals surface area contributed by atoms with Crippen LogP contribution in [0.2, 0.25) is 0 Å². The van der Waals surface area contributed by atoms with E-state index in [1.165, 1.54) is 0 Å². The fourth-order valence-electron chi connectivity index (χ4n) is 3.75. The summed E-state index contributed by atoms with van der Waals surface area (Å²) in [6.45, 7) is 4.33. The van der Waals surface area contributed by atoms with Crippen LogP contribution in [-0.2, 0) is 4.74 Å². The smallest absolute Gasteiger partial charge is 0.161 e. The molecule has 2 fully saturated rings. The molecule has 1 heterocycles. The van der Waals surface area contributed by atoms with Crippen molar-refractivity contribution in [3.63, 3.8) is 0 Å². The summed E-state index contributed by atoms with van der Waals surface area (Å²) in [5.74, 6) is 1.29. The van der Waals surface area contributed by atoms with Crippen LogP contribution in [0.4, 0.5) is 0 Å². The van der Waals surface area contributed by atoms with Gasteiger partial charge < -0.3 is 14.9 Å². The normalized spacial score (nSPS) is 52.9. The number of aliphatic hydroxyl groups excluding tert-OH is 2. The van der Waals surface area contributed by atoms with Crippen LogP contribution in [0.15, 0.2) is 24.8 Å². The first-order valence-corrected chi connectivity index (χ1v) is 6.49. The van der Waals surface area contributed by atoms with Gasteiger partial charge in [-0.1, -0.05) is 18.2 Å². The van der Waals surface area contributed by atoms with Crippen LogP contribution in [0.1, 0.15) is 12.8 Å². The van der Waals surface area contributed by atoms with Gasteiger partial charge in [-0.05, 0) is 30.6 Å². The van der Waals surface area contributed by atoms with Crippen molar-refractivity contribution < 1.29 is 14.9 Å². The van der Waals surface area contributed by atoms with Crippen molar-refractivity contribution in [2.45, 2.75) is 25.2 Å². The van der Waals surface area contributed by atoms with Crippen LogP contribution < -0.4 is 0 Å². The van der Waals surface area contributed by atoms with Gasteiger partial charge >= 0.3 is 0 Å². The molecule has 3 rings (SSSR count). The second-order valence-electron chi connectivity index (χ2n) is 5.64. The van der Waals surface area contributed by atoms with Crippen LogP contribution in [0.5, 0.6) is 0 Å². The summed E-state index contributed by atoms with van der Waals surface area (Å²) >= 11 is 0. The summed E-state index contributed by atoms with van der Waals surface area (Å²) in [5.41, 5.74) is 0. The average Bonchev–Trinajstić information content (AvgIpc) is 2.86. The van der Waals surface area contributed by atoms with Crippen LogP contribution in [-0.4, -0.2) is 29.2 Å². The van der Waals surface area contributed by atoms with Gasteiger partial charge in [0.2, 0.25) is 0 Å². The number of allylic oxidation sites excluding steroid dienone is 2. The van der Waals surface area contributed by atoms with Crippen molar-refractivity contribution in [2.75, 3.05) is 6.61 Å². The third-order valence-corrected chi connectivity index (χ3v) is 4.77. The standard InChI is InChI=1S/C14H20O3/c1-2-8-5-9-3-4-10-12(7-17-14(10)16)13(15)11(9)6-8/h2-4,8-16H,1,5-7H2/t8-,9+,10-,11-,12+,13-,14?/m0/s1. The molecule has 3 nitrogen and oxygen atoms in total. The Balaban J connectivity index is 1.85. The van der Waals surface area contributed by atoms with Crippen molar-refractivity contribution in [3.8, 4) is 0 Å². The van der Waals surface area contributed by atoms with Gasteiger partial charge in [-0.3, -0.25) is 0 Å². The molecule has 3 heteroatoms. The van der Waals surface area contributed by atoms with E-state index in [1.807, 2.05) is 6.08 Å². The van der Waals surface area contributed by atoms with Crippen LogP contribution in [0, 0.1) is 29.6 Å². The fourth-order valence-corrected chi connectivity index (χ4v) is 3.75. The molecule has 17 heavy (non-hydrogen) atoms. The van der Waals surface area contributed by atoms with Gasteiger partial charge in [0.05, 0.1) is 12.7 Å². The van der Waals surface area contributed by atoms with E-state index in [0.717, 1.165) is 12.8 Å². The van der Waals surface area contributed by atoms with E-state index < -0.39 is 6.29 Å². The maximum atomic E-state index is 10.5. The molecule has 0 amide bonds. The van der Waals surface area contributed by atoms with E-state index in [4.69, 9.17) is 4.74 Å². The Bertz CT molecular complexity index is 338. The molecule has 1 saturated heterocycles. The average molecular weight is 236 g/mol. The molecule has 1 aliphatic heterocycles. The molecule has 0 aromatic rings. The summed E-state index contributed by atoms with van der Waals surface area (Å²) in [6.07, 6.45) is 7.24. The molecule has 94 valence electrons. The largest absolute Gasteiger partial charge is 0.392 e. The molecule has 1 unspecified atom stereocenters. The molecule has 0 aromatic heterocycles. The minimum atomic E-state index is -0.736. The van der Waals surface area contributed by atoms with Gasteiger partial charge in [0, 0.05) is 11.8 Å². The summed E-state index contributed by atoms with van der Waals surface area (Å²) in [5, 5.41) is 20.2. The maximum absolute atomic E-state index is 10.5. The van der Waals surface area contributed by atoms with Gasteiger partial charge in [0.15, 0.2) is 6.29 Å². The lowest BCUT2D eigenvalue weighted by Gasteiger charge is -2.26. The number of hydrogen-bond donors (Lipinski definition) is 2. The highest BCUT2D eigenvalue weighted by atomic mass is 16.6. The monoisotopic (exact) mass is 236 g/mol. The second kappa shape index (κ2) is 4.23. The Kier molecular flexibility index (Phi) is 2.85. The van der Waals surface area contributed by atoms with Gasteiger partial charge in [-0.2, -0.15) is 0 Å². The SMILES string of the molecule is C=C[C@@H]1C[C@@H]2[C@H](O)[C@@H]3COC(O)[C@H]3C=C[C@@H]2C1. The quantitative estimate of drug-likeness (QED) is 0.675. The van der Waals surface area contributed by atoms with Gasteiger partial charge in [-0.25, -0.2) is 0 Å². The molecule has 0 bridgehead atoms. The van der Waals surface area contributed by atoms with E-state index in [1.54, 1.807) is 0 Å². The van der Waals surface area contributed by atoms with E-state index >= 15 is 0 Å². The predicted octanol–water partition coefficient (Wildman–Crippen LogP) is 1.33. The first-order valence-electron chi connectivity index (χ1n) is 6.49. The third kappa shape index (κ3) is 1.77. The van der Waals surface area contributed by atoms with E-state index in [9.17, 15) is 10.2 Å².